The molecule has 0 aromatic heterocycles. The maximum absolute atomic E-state index is 12.2. The molecule has 0 bridgehead atoms. The number of rotatable bonds is 5. The van der Waals surface area contributed by atoms with Gasteiger partial charge in [-0.15, -0.1) is 0 Å². The number of hydrogen-bond acceptors (Lipinski definition) is 2. The molecule has 2 rings (SSSR count). The minimum absolute atomic E-state index is 0.126. The van der Waals surface area contributed by atoms with Crippen LogP contribution in [0.1, 0.15) is 35.7 Å². The van der Waals surface area contributed by atoms with Crippen LogP contribution in [-0.4, -0.2) is 35.1 Å². The van der Waals surface area contributed by atoms with Gasteiger partial charge < -0.3 is 15.3 Å². The van der Waals surface area contributed by atoms with Crippen molar-refractivity contribution in [3.8, 4) is 0 Å². The summed E-state index contributed by atoms with van der Waals surface area (Å²) in [7, 11) is 0. The van der Waals surface area contributed by atoms with Crippen molar-refractivity contribution in [2.45, 2.75) is 26.7 Å². The Morgan fingerprint density at radius 3 is 2.65 bits per heavy atom. The van der Waals surface area contributed by atoms with E-state index in [1.165, 1.54) is 12.8 Å². The normalized spacial score (nSPS) is 13.9. The van der Waals surface area contributed by atoms with E-state index in [0.29, 0.717) is 18.2 Å². The second-order valence-corrected chi connectivity index (χ2v) is 5.27. The first-order chi connectivity index (χ1) is 9.51. The molecule has 0 spiro atoms. The van der Waals surface area contributed by atoms with Crippen molar-refractivity contribution in [1.29, 1.82) is 0 Å². The van der Waals surface area contributed by atoms with Gasteiger partial charge in [0.05, 0.1) is 11.3 Å². The van der Waals surface area contributed by atoms with Gasteiger partial charge in [0.1, 0.15) is 0 Å². The average molecular weight is 276 g/mol. The fourth-order valence-corrected chi connectivity index (χ4v) is 2.11. The van der Waals surface area contributed by atoms with Gasteiger partial charge in [0, 0.05) is 13.1 Å². The summed E-state index contributed by atoms with van der Waals surface area (Å²) >= 11 is 0. The molecule has 108 valence electrons. The first kappa shape index (κ1) is 14.4. The number of amides is 2. The summed E-state index contributed by atoms with van der Waals surface area (Å²) in [6.07, 6.45) is 2.35. The number of carbonyl (C=O) groups is 2. The van der Waals surface area contributed by atoms with E-state index in [-0.39, 0.29) is 11.6 Å². The Bertz CT molecular complexity index is 524. The van der Waals surface area contributed by atoms with Crippen molar-refractivity contribution < 1.29 is 14.7 Å². The van der Waals surface area contributed by atoms with Crippen LogP contribution in [0.3, 0.4) is 0 Å². The third-order valence-corrected chi connectivity index (χ3v) is 3.49. The zero-order chi connectivity index (χ0) is 14.7. The average Bonchev–Trinajstić information content (AvgIpc) is 3.21. The molecule has 0 saturated heterocycles. The summed E-state index contributed by atoms with van der Waals surface area (Å²) in [5.74, 6) is -0.424. The number of aryl methyl sites for hydroxylation is 1. The van der Waals surface area contributed by atoms with Crippen LogP contribution in [0.5, 0.6) is 0 Å². The SMILES string of the molecule is CCN(CC1CC1)C(=O)Nc1ccc(C)cc1C(=O)O. The molecule has 1 fully saturated rings. The Hall–Kier alpha value is -2.04. The van der Waals surface area contributed by atoms with Crippen molar-refractivity contribution in [2.24, 2.45) is 5.92 Å². The Balaban J connectivity index is 2.11. The molecule has 5 nitrogen and oxygen atoms in total. The molecular weight excluding hydrogens is 256 g/mol. The van der Waals surface area contributed by atoms with Crippen LogP contribution in [-0.2, 0) is 0 Å². The van der Waals surface area contributed by atoms with Crippen LogP contribution in [0.15, 0.2) is 18.2 Å². The number of carbonyl (C=O) groups excluding carboxylic acids is 1. The van der Waals surface area contributed by atoms with E-state index in [9.17, 15) is 14.7 Å². The molecule has 0 aliphatic heterocycles. The van der Waals surface area contributed by atoms with E-state index in [2.05, 4.69) is 5.32 Å². The monoisotopic (exact) mass is 276 g/mol. The lowest BCUT2D eigenvalue weighted by Crippen LogP contribution is -2.36. The summed E-state index contributed by atoms with van der Waals surface area (Å²) < 4.78 is 0. The number of carboxylic acids is 1. The topological polar surface area (TPSA) is 69.6 Å². The molecule has 20 heavy (non-hydrogen) atoms. The number of carboxylic acid groups (broad SMARTS) is 1. The van der Waals surface area contributed by atoms with Gasteiger partial charge in [0.25, 0.3) is 0 Å². The molecule has 1 aromatic rings. The zero-order valence-corrected chi connectivity index (χ0v) is 11.8. The van der Waals surface area contributed by atoms with E-state index < -0.39 is 5.97 Å². The van der Waals surface area contributed by atoms with Gasteiger partial charge in [0.15, 0.2) is 0 Å². The highest BCUT2D eigenvalue weighted by molar-refractivity contribution is 6.00. The third kappa shape index (κ3) is 3.50. The Kier molecular flexibility index (Phi) is 4.27. The standard InChI is InChI=1S/C15H20N2O3/c1-3-17(9-11-5-6-11)15(20)16-13-7-4-10(2)8-12(13)14(18)19/h4,7-8,11H,3,5-6,9H2,1-2H3,(H,16,20)(H,18,19). The van der Waals surface area contributed by atoms with Crippen molar-refractivity contribution in [3.05, 3.63) is 29.3 Å². The van der Waals surface area contributed by atoms with E-state index >= 15 is 0 Å². The highest BCUT2D eigenvalue weighted by atomic mass is 16.4. The van der Waals surface area contributed by atoms with Crippen molar-refractivity contribution >= 4 is 17.7 Å². The Morgan fingerprint density at radius 1 is 1.40 bits per heavy atom. The molecular formula is C15H20N2O3. The van der Waals surface area contributed by atoms with Crippen molar-refractivity contribution in [1.82, 2.24) is 4.90 Å². The van der Waals surface area contributed by atoms with Crippen molar-refractivity contribution in [3.63, 3.8) is 0 Å². The summed E-state index contributed by atoms with van der Waals surface area (Å²) in [6.45, 7) is 5.12. The summed E-state index contributed by atoms with van der Waals surface area (Å²) in [5.41, 5.74) is 1.33. The highest BCUT2D eigenvalue weighted by Gasteiger charge is 2.26. The fraction of sp³-hybridized carbons (Fsp3) is 0.467. The van der Waals surface area contributed by atoms with Crippen molar-refractivity contribution in [2.75, 3.05) is 18.4 Å². The third-order valence-electron chi connectivity index (χ3n) is 3.49. The maximum atomic E-state index is 12.2. The number of nitrogens with one attached hydrogen (secondary N) is 1. The quantitative estimate of drug-likeness (QED) is 0.868. The van der Waals surface area contributed by atoms with Crippen LogP contribution >= 0.6 is 0 Å². The first-order valence-electron chi connectivity index (χ1n) is 6.91. The number of anilines is 1. The van der Waals surface area contributed by atoms with E-state index in [1.54, 1.807) is 23.1 Å². The molecule has 0 heterocycles. The van der Waals surface area contributed by atoms with Gasteiger partial charge in [-0.3, -0.25) is 0 Å². The van der Waals surface area contributed by atoms with Crippen LogP contribution in [0, 0.1) is 12.8 Å². The predicted molar refractivity (Wildman–Crippen MR) is 77.1 cm³/mol. The molecule has 0 radical (unpaired) electrons. The summed E-state index contributed by atoms with van der Waals surface area (Å²) in [6, 6.07) is 4.77. The molecule has 1 aliphatic rings. The smallest absolute Gasteiger partial charge is 0.337 e. The number of urea groups is 1. The lowest BCUT2D eigenvalue weighted by atomic mass is 10.1. The van der Waals surface area contributed by atoms with E-state index in [4.69, 9.17) is 0 Å². The maximum Gasteiger partial charge on any atom is 0.337 e. The van der Waals surface area contributed by atoms with Gasteiger partial charge >= 0.3 is 12.0 Å². The Morgan fingerprint density at radius 2 is 2.10 bits per heavy atom. The summed E-state index contributed by atoms with van der Waals surface area (Å²) in [5, 5.41) is 11.9. The van der Waals surface area contributed by atoms with Gasteiger partial charge in [-0.05, 0) is 44.7 Å². The Labute approximate surface area is 118 Å². The van der Waals surface area contributed by atoms with E-state index in [0.717, 1.165) is 12.1 Å². The number of aromatic carboxylic acids is 1. The molecule has 0 atom stereocenters. The number of nitrogens with zero attached hydrogens (tertiary/aromatic N) is 1. The van der Waals surface area contributed by atoms with Gasteiger partial charge in [-0.25, -0.2) is 9.59 Å². The fourth-order valence-electron chi connectivity index (χ4n) is 2.11. The van der Waals surface area contributed by atoms with Crippen LogP contribution in [0.25, 0.3) is 0 Å². The van der Waals surface area contributed by atoms with E-state index in [1.807, 2.05) is 13.8 Å². The zero-order valence-electron chi connectivity index (χ0n) is 11.8. The highest BCUT2D eigenvalue weighted by Crippen LogP contribution is 2.30. The lowest BCUT2D eigenvalue weighted by Gasteiger charge is -2.21. The lowest BCUT2D eigenvalue weighted by molar-refractivity contribution is 0.0698. The summed E-state index contributed by atoms with van der Waals surface area (Å²) in [4.78, 5) is 25.1. The van der Waals surface area contributed by atoms with Crippen LogP contribution in [0.2, 0.25) is 0 Å². The molecule has 1 saturated carbocycles. The molecule has 5 heteroatoms. The molecule has 2 amide bonds. The van der Waals surface area contributed by atoms with Gasteiger partial charge in [-0.2, -0.15) is 0 Å². The molecule has 0 unspecified atom stereocenters. The minimum atomic E-state index is -1.03. The second kappa shape index (κ2) is 5.94. The molecule has 2 N–H and O–H groups in total. The minimum Gasteiger partial charge on any atom is -0.478 e. The van der Waals surface area contributed by atoms with Gasteiger partial charge in [0.2, 0.25) is 0 Å². The predicted octanol–water partition coefficient (Wildman–Crippen LogP) is 2.96. The number of benzene rings is 1. The van der Waals surface area contributed by atoms with Gasteiger partial charge in [-0.1, -0.05) is 11.6 Å². The molecule has 1 aliphatic carbocycles. The molecule has 1 aromatic carbocycles. The number of hydrogen-bond donors (Lipinski definition) is 2. The van der Waals surface area contributed by atoms with Crippen LogP contribution < -0.4 is 5.32 Å². The second-order valence-electron chi connectivity index (χ2n) is 5.27. The largest absolute Gasteiger partial charge is 0.478 e. The van der Waals surface area contributed by atoms with Crippen LogP contribution in [0.4, 0.5) is 10.5 Å². The first-order valence-corrected chi connectivity index (χ1v) is 6.91.